The van der Waals surface area contributed by atoms with Crippen molar-refractivity contribution in [2.75, 3.05) is 36.4 Å². The molecule has 2 aromatic rings. The summed E-state index contributed by atoms with van der Waals surface area (Å²) in [4.78, 5) is 16.5. The van der Waals surface area contributed by atoms with E-state index in [4.69, 9.17) is 23.2 Å². The number of hydrogen-bond acceptors (Lipinski definition) is 2. The van der Waals surface area contributed by atoms with Crippen molar-refractivity contribution in [3.05, 3.63) is 58.1 Å². The maximum atomic E-state index is 12.4. The Labute approximate surface area is 152 Å². The predicted molar refractivity (Wildman–Crippen MR) is 100 cm³/mol. The highest BCUT2D eigenvalue weighted by molar-refractivity contribution is 6.43. The number of aryl methyl sites for hydroxylation is 1. The van der Waals surface area contributed by atoms with E-state index in [0.29, 0.717) is 28.8 Å². The average molecular weight is 364 g/mol. The number of nitrogens with zero attached hydrogens (tertiary/aromatic N) is 2. The molecule has 24 heavy (non-hydrogen) atoms. The van der Waals surface area contributed by atoms with Crippen LogP contribution in [0.15, 0.2) is 42.5 Å². The van der Waals surface area contributed by atoms with Crippen LogP contribution in [0.25, 0.3) is 0 Å². The van der Waals surface area contributed by atoms with Crippen LogP contribution < -0.4 is 10.2 Å². The molecule has 3 rings (SSSR count). The second-order valence-corrected chi connectivity index (χ2v) is 6.63. The van der Waals surface area contributed by atoms with Crippen LogP contribution in [0.4, 0.5) is 16.2 Å². The number of carbonyl (C=O) groups excluding carboxylic acids is 1. The fourth-order valence-corrected chi connectivity index (χ4v) is 3.13. The van der Waals surface area contributed by atoms with Gasteiger partial charge in [0.05, 0.1) is 15.7 Å². The van der Waals surface area contributed by atoms with Crippen molar-refractivity contribution >= 4 is 40.6 Å². The van der Waals surface area contributed by atoms with Gasteiger partial charge in [-0.05, 0) is 36.8 Å². The summed E-state index contributed by atoms with van der Waals surface area (Å²) in [6.07, 6.45) is 0. The standard InChI is InChI=1S/C18H19Cl2N3O/c1-13-4-2-5-14(12-13)22-8-10-23(11-9-22)18(24)21-16-7-3-6-15(19)17(16)20/h2-7,12H,8-11H2,1H3,(H,21,24). The van der Waals surface area contributed by atoms with E-state index in [0.717, 1.165) is 13.1 Å². The zero-order valence-corrected chi connectivity index (χ0v) is 14.9. The molecule has 0 saturated carbocycles. The van der Waals surface area contributed by atoms with Crippen LogP contribution in [0.1, 0.15) is 5.56 Å². The number of carbonyl (C=O) groups is 1. The molecule has 2 amide bonds. The molecule has 1 saturated heterocycles. The number of piperazine rings is 1. The highest BCUT2D eigenvalue weighted by atomic mass is 35.5. The van der Waals surface area contributed by atoms with Gasteiger partial charge in [0.1, 0.15) is 0 Å². The Morgan fingerprint density at radius 3 is 2.46 bits per heavy atom. The summed E-state index contributed by atoms with van der Waals surface area (Å²) < 4.78 is 0. The van der Waals surface area contributed by atoms with Gasteiger partial charge in [0.2, 0.25) is 0 Å². The van der Waals surface area contributed by atoms with Crippen LogP contribution in [-0.2, 0) is 0 Å². The molecular weight excluding hydrogens is 345 g/mol. The predicted octanol–water partition coefficient (Wildman–Crippen LogP) is 4.66. The molecule has 126 valence electrons. The molecule has 1 fully saturated rings. The Hall–Kier alpha value is -1.91. The molecule has 1 heterocycles. The van der Waals surface area contributed by atoms with Gasteiger partial charge >= 0.3 is 6.03 Å². The number of nitrogens with one attached hydrogen (secondary N) is 1. The molecule has 6 heteroatoms. The molecule has 1 N–H and O–H groups in total. The number of anilines is 2. The second kappa shape index (κ2) is 7.32. The Morgan fingerprint density at radius 1 is 1.04 bits per heavy atom. The zero-order valence-electron chi connectivity index (χ0n) is 13.4. The van der Waals surface area contributed by atoms with Gasteiger partial charge in [-0.15, -0.1) is 0 Å². The van der Waals surface area contributed by atoms with Crippen molar-refractivity contribution in [1.29, 1.82) is 0 Å². The average Bonchev–Trinajstić information content (AvgIpc) is 2.59. The number of rotatable bonds is 2. The van der Waals surface area contributed by atoms with Gasteiger partial charge in [-0.25, -0.2) is 4.79 Å². The maximum Gasteiger partial charge on any atom is 0.322 e. The summed E-state index contributed by atoms with van der Waals surface area (Å²) in [5, 5.41) is 3.63. The summed E-state index contributed by atoms with van der Waals surface area (Å²) in [7, 11) is 0. The van der Waals surface area contributed by atoms with E-state index < -0.39 is 0 Å². The summed E-state index contributed by atoms with van der Waals surface area (Å²) in [6, 6.07) is 13.5. The number of benzene rings is 2. The van der Waals surface area contributed by atoms with Crippen LogP contribution >= 0.6 is 23.2 Å². The minimum Gasteiger partial charge on any atom is -0.368 e. The smallest absolute Gasteiger partial charge is 0.322 e. The van der Waals surface area contributed by atoms with Gasteiger partial charge in [-0.3, -0.25) is 0 Å². The minimum absolute atomic E-state index is 0.150. The van der Waals surface area contributed by atoms with E-state index in [1.165, 1.54) is 11.3 Å². The van der Waals surface area contributed by atoms with Crippen molar-refractivity contribution in [3.8, 4) is 0 Å². The molecular formula is C18H19Cl2N3O. The molecule has 0 radical (unpaired) electrons. The molecule has 0 spiro atoms. The first kappa shape index (κ1) is 16.9. The van der Waals surface area contributed by atoms with Crippen LogP contribution in [0.5, 0.6) is 0 Å². The van der Waals surface area contributed by atoms with Crippen molar-refractivity contribution in [1.82, 2.24) is 4.90 Å². The number of amides is 2. The minimum atomic E-state index is -0.150. The monoisotopic (exact) mass is 363 g/mol. The fourth-order valence-electron chi connectivity index (χ4n) is 2.79. The van der Waals surface area contributed by atoms with Gasteiger partial charge in [-0.2, -0.15) is 0 Å². The first-order valence-corrected chi connectivity index (χ1v) is 8.62. The lowest BCUT2D eigenvalue weighted by Crippen LogP contribution is -2.50. The van der Waals surface area contributed by atoms with Crippen LogP contribution in [0.2, 0.25) is 10.0 Å². The molecule has 0 aliphatic carbocycles. The van der Waals surface area contributed by atoms with E-state index in [9.17, 15) is 4.79 Å². The van der Waals surface area contributed by atoms with E-state index >= 15 is 0 Å². The Morgan fingerprint density at radius 2 is 1.75 bits per heavy atom. The van der Waals surface area contributed by atoms with Gasteiger partial charge in [0.25, 0.3) is 0 Å². The number of urea groups is 1. The van der Waals surface area contributed by atoms with Gasteiger partial charge in [-0.1, -0.05) is 41.4 Å². The van der Waals surface area contributed by atoms with Crippen LogP contribution in [0.3, 0.4) is 0 Å². The maximum absolute atomic E-state index is 12.4. The highest BCUT2D eigenvalue weighted by Crippen LogP contribution is 2.29. The van der Waals surface area contributed by atoms with Crippen LogP contribution in [0, 0.1) is 6.92 Å². The van der Waals surface area contributed by atoms with Crippen molar-refractivity contribution < 1.29 is 4.79 Å². The molecule has 1 aliphatic rings. The van der Waals surface area contributed by atoms with E-state index in [2.05, 4.69) is 41.4 Å². The summed E-state index contributed by atoms with van der Waals surface area (Å²) >= 11 is 12.1. The van der Waals surface area contributed by atoms with E-state index in [-0.39, 0.29) is 6.03 Å². The first-order chi connectivity index (χ1) is 11.5. The lowest BCUT2D eigenvalue weighted by atomic mass is 10.2. The molecule has 0 bridgehead atoms. The SMILES string of the molecule is Cc1cccc(N2CCN(C(=O)Nc3cccc(Cl)c3Cl)CC2)c1. The third-order valence-electron chi connectivity index (χ3n) is 4.13. The second-order valence-electron chi connectivity index (χ2n) is 5.84. The van der Waals surface area contributed by atoms with Crippen molar-refractivity contribution in [2.24, 2.45) is 0 Å². The fraction of sp³-hybridized carbons (Fsp3) is 0.278. The topological polar surface area (TPSA) is 35.6 Å². The molecule has 0 atom stereocenters. The largest absolute Gasteiger partial charge is 0.368 e. The normalized spacial score (nSPS) is 14.6. The third-order valence-corrected chi connectivity index (χ3v) is 4.95. The van der Waals surface area contributed by atoms with Gasteiger partial charge in [0.15, 0.2) is 0 Å². The zero-order chi connectivity index (χ0) is 17.1. The highest BCUT2D eigenvalue weighted by Gasteiger charge is 2.22. The lowest BCUT2D eigenvalue weighted by molar-refractivity contribution is 0.208. The molecule has 4 nitrogen and oxygen atoms in total. The molecule has 0 unspecified atom stereocenters. The van der Waals surface area contributed by atoms with Crippen molar-refractivity contribution in [2.45, 2.75) is 6.92 Å². The number of hydrogen-bond donors (Lipinski definition) is 1. The lowest BCUT2D eigenvalue weighted by Gasteiger charge is -2.36. The summed E-state index contributed by atoms with van der Waals surface area (Å²) in [5.41, 5.74) is 2.98. The quantitative estimate of drug-likeness (QED) is 0.842. The van der Waals surface area contributed by atoms with Gasteiger partial charge in [0, 0.05) is 31.9 Å². The summed E-state index contributed by atoms with van der Waals surface area (Å²) in [6.45, 7) is 5.03. The molecule has 2 aromatic carbocycles. The Balaban J connectivity index is 1.60. The third kappa shape index (κ3) is 3.77. The van der Waals surface area contributed by atoms with Gasteiger partial charge < -0.3 is 15.1 Å². The van der Waals surface area contributed by atoms with E-state index in [1.807, 2.05) is 0 Å². The van der Waals surface area contributed by atoms with Crippen molar-refractivity contribution in [3.63, 3.8) is 0 Å². The summed E-state index contributed by atoms with van der Waals surface area (Å²) in [5.74, 6) is 0. The first-order valence-electron chi connectivity index (χ1n) is 7.86. The Kier molecular flexibility index (Phi) is 5.17. The molecule has 1 aliphatic heterocycles. The molecule has 0 aromatic heterocycles. The van der Waals surface area contributed by atoms with E-state index in [1.54, 1.807) is 23.1 Å². The van der Waals surface area contributed by atoms with Crippen LogP contribution in [-0.4, -0.2) is 37.1 Å². The Bertz CT molecular complexity index is 743. The number of halogens is 2.